The third-order valence-electron chi connectivity index (χ3n) is 3.90. The molecule has 2 nitrogen and oxygen atoms in total. The molecule has 1 heterocycles. The zero-order valence-corrected chi connectivity index (χ0v) is 12.5. The van der Waals surface area contributed by atoms with Crippen molar-refractivity contribution in [2.45, 2.75) is 0 Å². The molecule has 0 aliphatic carbocycles. The monoisotopic (exact) mass is 300 g/mol. The van der Waals surface area contributed by atoms with Crippen molar-refractivity contribution in [3.05, 3.63) is 66.2 Å². The molecule has 104 valence electrons. The smallest absolute Gasteiger partial charge is 0.102 e. The fraction of sp³-hybridized carbons (Fsp3) is 0. The van der Waals surface area contributed by atoms with Gasteiger partial charge >= 0.3 is 0 Å². The Bertz CT molecular complexity index is 1040. The van der Waals surface area contributed by atoms with E-state index in [0.717, 1.165) is 26.6 Å². The summed E-state index contributed by atoms with van der Waals surface area (Å²) in [5.74, 6) is 0. The van der Waals surface area contributed by atoms with Crippen LogP contribution in [0, 0.1) is 11.3 Å². The molecule has 3 aromatic carbocycles. The minimum absolute atomic E-state index is 0.558. The first kappa shape index (κ1) is 12.9. The molecule has 4 aromatic rings. The van der Waals surface area contributed by atoms with E-state index >= 15 is 0 Å². The van der Waals surface area contributed by atoms with E-state index in [4.69, 9.17) is 5.73 Å². The molecule has 0 saturated heterocycles. The summed E-state index contributed by atoms with van der Waals surface area (Å²) in [6, 6.07) is 22.5. The van der Waals surface area contributed by atoms with Crippen LogP contribution < -0.4 is 5.73 Å². The third-order valence-corrected chi connectivity index (χ3v) is 5.02. The van der Waals surface area contributed by atoms with Crippen LogP contribution in [-0.2, 0) is 0 Å². The van der Waals surface area contributed by atoms with Gasteiger partial charge in [0.2, 0.25) is 0 Å². The Labute approximate surface area is 132 Å². The Hall–Kier alpha value is -2.83. The topological polar surface area (TPSA) is 49.8 Å². The summed E-state index contributed by atoms with van der Waals surface area (Å²) in [5, 5.41) is 11.7. The van der Waals surface area contributed by atoms with Gasteiger partial charge in [-0.05, 0) is 17.7 Å². The molecule has 0 saturated carbocycles. The van der Waals surface area contributed by atoms with Crippen molar-refractivity contribution in [3.63, 3.8) is 0 Å². The fourth-order valence-corrected chi connectivity index (χ4v) is 4.05. The van der Waals surface area contributed by atoms with Gasteiger partial charge in [0.05, 0.1) is 11.3 Å². The van der Waals surface area contributed by atoms with Crippen LogP contribution in [0.5, 0.6) is 0 Å². The molecule has 0 amide bonds. The highest BCUT2D eigenvalue weighted by atomic mass is 32.1. The maximum absolute atomic E-state index is 9.60. The van der Waals surface area contributed by atoms with E-state index in [1.54, 1.807) is 11.3 Å². The van der Waals surface area contributed by atoms with Crippen molar-refractivity contribution in [3.8, 4) is 17.2 Å². The SMILES string of the molecule is N#Cc1c(-c2ccccc2)cc2sc3ccccc3c2c1N. The normalized spacial score (nSPS) is 10.9. The number of nitrogens with two attached hydrogens (primary N) is 1. The van der Waals surface area contributed by atoms with Crippen LogP contribution in [0.1, 0.15) is 5.56 Å². The van der Waals surface area contributed by atoms with Gasteiger partial charge in [-0.15, -0.1) is 11.3 Å². The van der Waals surface area contributed by atoms with Gasteiger partial charge in [0, 0.05) is 25.7 Å². The molecule has 0 fully saturated rings. The van der Waals surface area contributed by atoms with Crippen molar-refractivity contribution in [1.29, 1.82) is 5.26 Å². The maximum Gasteiger partial charge on any atom is 0.102 e. The minimum atomic E-state index is 0.558. The second-order valence-electron chi connectivity index (χ2n) is 5.16. The third kappa shape index (κ3) is 1.78. The van der Waals surface area contributed by atoms with Gasteiger partial charge in [0.15, 0.2) is 0 Å². The molecule has 0 unspecified atom stereocenters. The van der Waals surface area contributed by atoms with Crippen molar-refractivity contribution < 1.29 is 0 Å². The molecule has 0 spiro atoms. The van der Waals surface area contributed by atoms with Crippen molar-refractivity contribution in [2.24, 2.45) is 0 Å². The quantitative estimate of drug-likeness (QED) is 0.493. The summed E-state index contributed by atoms with van der Waals surface area (Å²) in [4.78, 5) is 0. The van der Waals surface area contributed by atoms with Crippen molar-refractivity contribution in [2.75, 3.05) is 5.73 Å². The molecule has 3 heteroatoms. The fourth-order valence-electron chi connectivity index (χ4n) is 2.88. The van der Waals surface area contributed by atoms with Crippen LogP contribution in [0.4, 0.5) is 5.69 Å². The molecule has 0 bridgehead atoms. The number of fused-ring (bicyclic) bond motifs is 3. The van der Waals surface area contributed by atoms with Crippen LogP contribution in [-0.4, -0.2) is 0 Å². The Morgan fingerprint density at radius 3 is 2.41 bits per heavy atom. The summed E-state index contributed by atoms with van der Waals surface area (Å²) in [6.45, 7) is 0. The summed E-state index contributed by atoms with van der Waals surface area (Å²) in [6.07, 6.45) is 0. The molecule has 1 aromatic heterocycles. The van der Waals surface area contributed by atoms with Crippen LogP contribution in [0.3, 0.4) is 0 Å². The van der Waals surface area contributed by atoms with Gasteiger partial charge in [-0.1, -0.05) is 48.5 Å². The molecular weight excluding hydrogens is 288 g/mol. The van der Waals surface area contributed by atoms with Gasteiger partial charge in [-0.3, -0.25) is 0 Å². The van der Waals surface area contributed by atoms with E-state index in [0.29, 0.717) is 11.3 Å². The number of hydrogen-bond acceptors (Lipinski definition) is 3. The van der Waals surface area contributed by atoms with Crippen LogP contribution >= 0.6 is 11.3 Å². The number of nitriles is 1. The lowest BCUT2D eigenvalue weighted by atomic mass is 9.96. The zero-order chi connectivity index (χ0) is 15.1. The highest BCUT2D eigenvalue weighted by Crippen LogP contribution is 2.42. The number of anilines is 1. The Balaban J connectivity index is 2.16. The Morgan fingerprint density at radius 1 is 0.909 bits per heavy atom. The first-order chi connectivity index (χ1) is 10.8. The number of hydrogen-bond donors (Lipinski definition) is 1. The molecule has 0 aliphatic rings. The molecule has 22 heavy (non-hydrogen) atoms. The van der Waals surface area contributed by atoms with Gasteiger partial charge in [-0.25, -0.2) is 0 Å². The second-order valence-corrected chi connectivity index (χ2v) is 6.25. The molecular formula is C19H12N2S. The van der Waals surface area contributed by atoms with E-state index in [1.807, 2.05) is 42.5 Å². The lowest BCUT2D eigenvalue weighted by Gasteiger charge is -2.08. The Kier molecular flexibility index (Phi) is 2.85. The van der Waals surface area contributed by atoms with Gasteiger partial charge in [0.1, 0.15) is 6.07 Å². The van der Waals surface area contributed by atoms with Crippen LogP contribution in [0.25, 0.3) is 31.3 Å². The highest BCUT2D eigenvalue weighted by molar-refractivity contribution is 7.26. The number of thiophene rings is 1. The van der Waals surface area contributed by atoms with E-state index in [1.165, 1.54) is 4.70 Å². The van der Waals surface area contributed by atoms with Gasteiger partial charge < -0.3 is 5.73 Å². The zero-order valence-electron chi connectivity index (χ0n) is 11.7. The average Bonchev–Trinajstić information content (AvgIpc) is 2.94. The predicted molar refractivity (Wildman–Crippen MR) is 93.9 cm³/mol. The first-order valence-electron chi connectivity index (χ1n) is 6.99. The van der Waals surface area contributed by atoms with E-state index < -0.39 is 0 Å². The molecule has 4 rings (SSSR count). The van der Waals surface area contributed by atoms with Crippen LogP contribution in [0.15, 0.2) is 60.7 Å². The standard InChI is InChI=1S/C19H12N2S/c20-11-15-14(12-6-2-1-3-7-12)10-17-18(19(15)21)13-8-4-5-9-16(13)22-17/h1-10H,21H2. The van der Waals surface area contributed by atoms with E-state index in [-0.39, 0.29) is 0 Å². The van der Waals surface area contributed by atoms with Crippen molar-refractivity contribution in [1.82, 2.24) is 0 Å². The summed E-state index contributed by atoms with van der Waals surface area (Å²) in [7, 11) is 0. The minimum Gasteiger partial charge on any atom is -0.397 e. The summed E-state index contributed by atoms with van der Waals surface area (Å²) in [5.41, 5.74) is 9.42. The Morgan fingerprint density at radius 2 is 1.64 bits per heavy atom. The first-order valence-corrected chi connectivity index (χ1v) is 7.80. The number of nitrogens with zero attached hydrogens (tertiary/aromatic N) is 1. The van der Waals surface area contributed by atoms with E-state index in [9.17, 15) is 5.26 Å². The lowest BCUT2D eigenvalue weighted by molar-refractivity contribution is 1.49. The number of benzene rings is 3. The lowest BCUT2D eigenvalue weighted by Crippen LogP contribution is -1.94. The largest absolute Gasteiger partial charge is 0.397 e. The van der Waals surface area contributed by atoms with Crippen molar-refractivity contribution >= 4 is 37.2 Å². The van der Waals surface area contributed by atoms with Crippen LogP contribution in [0.2, 0.25) is 0 Å². The number of rotatable bonds is 1. The molecule has 0 radical (unpaired) electrons. The highest BCUT2D eigenvalue weighted by Gasteiger charge is 2.16. The van der Waals surface area contributed by atoms with E-state index in [2.05, 4.69) is 24.3 Å². The maximum atomic E-state index is 9.60. The number of nitrogen functional groups attached to an aromatic ring is 1. The summed E-state index contributed by atoms with van der Waals surface area (Å²) >= 11 is 1.71. The molecule has 0 aliphatic heterocycles. The average molecular weight is 300 g/mol. The second kappa shape index (κ2) is 4.87. The molecule has 2 N–H and O–H groups in total. The van der Waals surface area contributed by atoms with Gasteiger partial charge in [0.25, 0.3) is 0 Å². The summed E-state index contributed by atoms with van der Waals surface area (Å²) < 4.78 is 2.31. The predicted octanol–water partition coefficient (Wildman–Crippen LogP) is 5.18. The molecule has 0 atom stereocenters. The van der Waals surface area contributed by atoms with Gasteiger partial charge in [-0.2, -0.15) is 5.26 Å².